The summed E-state index contributed by atoms with van der Waals surface area (Å²) in [6.45, 7) is 3.84. The molecule has 0 saturated carbocycles. The van der Waals surface area contributed by atoms with Gasteiger partial charge in [-0.15, -0.1) is 0 Å². The van der Waals surface area contributed by atoms with Crippen LogP contribution in [0.3, 0.4) is 0 Å². The molecule has 2 aromatic rings. The van der Waals surface area contributed by atoms with Gasteiger partial charge in [0, 0.05) is 12.6 Å². The lowest BCUT2D eigenvalue weighted by Gasteiger charge is -2.16. The van der Waals surface area contributed by atoms with Crippen LogP contribution in [0.2, 0.25) is 0 Å². The molecule has 0 unspecified atom stereocenters. The van der Waals surface area contributed by atoms with Gasteiger partial charge in [-0.2, -0.15) is 0 Å². The summed E-state index contributed by atoms with van der Waals surface area (Å²) in [5.74, 6) is -0.0809. The third-order valence-electron chi connectivity index (χ3n) is 4.19. The van der Waals surface area contributed by atoms with Gasteiger partial charge in [0.15, 0.2) is 16.7 Å². The Balaban J connectivity index is 1.96. The van der Waals surface area contributed by atoms with Crippen LogP contribution in [0, 0.1) is 0 Å². The molecule has 1 aliphatic rings. The number of rotatable bonds is 6. The van der Waals surface area contributed by atoms with Gasteiger partial charge in [-0.1, -0.05) is 18.2 Å². The van der Waals surface area contributed by atoms with Crippen molar-refractivity contribution in [1.82, 2.24) is 4.90 Å². The molecule has 30 heavy (non-hydrogen) atoms. The number of para-hydroxylation sites is 1. The number of amides is 1. The van der Waals surface area contributed by atoms with E-state index in [2.05, 4.69) is 4.99 Å². The van der Waals surface area contributed by atoms with Crippen molar-refractivity contribution in [2.45, 2.75) is 20.0 Å². The van der Waals surface area contributed by atoms with E-state index in [0.717, 1.165) is 5.56 Å². The molecule has 1 fully saturated rings. The van der Waals surface area contributed by atoms with Crippen LogP contribution < -0.4 is 9.47 Å². The summed E-state index contributed by atoms with van der Waals surface area (Å²) in [7, 11) is 3.20. The van der Waals surface area contributed by atoms with E-state index in [0.29, 0.717) is 27.3 Å². The highest BCUT2D eigenvalue weighted by atomic mass is 32.2. The van der Waals surface area contributed by atoms with Crippen molar-refractivity contribution in [2.75, 3.05) is 14.2 Å². The Kier molecular flexibility index (Phi) is 6.47. The zero-order chi connectivity index (χ0) is 21.8. The number of hydrogen-bond acceptors (Lipinski definition) is 6. The number of carboxylic acid groups (broad SMARTS) is 1. The van der Waals surface area contributed by atoms with Gasteiger partial charge in [-0.05, 0) is 56.0 Å². The first kappa shape index (κ1) is 21.4. The topological polar surface area (TPSA) is 88.4 Å². The largest absolute Gasteiger partial charge is 0.493 e. The third kappa shape index (κ3) is 4.65. The second-order valence-electron chi connectivity index (χ2n) is 6.77. The molecule has 2 aromatic carbocycles. The zero-order valence-corrected chi connectivity index (χ0v) is 17.9. The molecule has 0 atom stereocenters. The van der Waals surface area contributed by atoms with Crippen LogP contribution in [0.4, 0.5) is 5.69 Å². The number of nitrogens with zero attached hydrogens (tertiary/aromatic N) is 2. The average molecular weight is 426 g/mol. The number of aliphatic imine (C=N–C) groups is 1. The second kappa shape index (κ2) is 9.04. The number of amidine groups is 1. The number of hydrogen-bond donors (Lipinski definition) is 1. The summed E-state index contributed by atoms with van der Waals surface area (Å²) >= 11 is 1.22. The maximum atomic E-state index is 12.8. The number of ether oxygens (including phenoxy) is 2. The number of likely N-dealkylation sites (N-methyl/N-ethyl adjacent to an activating group) is 1. The fourth-order valence-electron chi connectivity index (χ4n) is 2.78. The Morgan fingerprint density at radius 1 is 1.23 bits per heavy atom. The molecule has 0 bridgehead atoms. The fourth-order valence-corrected chi connectivity index (χ4v) is 3.76. The first-order valence-corrected chi connectivity index (χ1v) is 10.0. The van der Waals surface area contributed by atoms with Crippen LogP contribution in [0.5, 0.6) is 11.5 Å². The normalized spacial score (nSPS) is 16.6. The Morgan fingerprint density at radius 2 is 1.97 bits per heavy atom. The van der Waals surface area contributed by atoms with E-state index in [9.17, 15) is 9.59 Å². The van der Waals surface area contributed by atoms with Crippen molar-refractivity contribution in [3.63, 3.8) is 0 Å². The van der Waals surface area contributed by atoms with Gasteiger partial charge in [-0.3, -0.25) is 9.69 Å². The van der Waals surface area contributed by atoms with Crippen LogP contribution in [-0.4, -0.2) is 47.3 Å². The monoisotopic (exact) mass is 426 g/mol. The van der Waals surface area contributed by atoms with Gasteiger partial charge in [-0.25, -0.2) is 9.79 Å². The molecule has 156 valence electrons. The maximum Gasteiger partial charge on any atom is 0.335 e. The molecular weight excluding hydrogens is 404 g/mol. The Morgan fingerprint density at radius 3 is 2.63 bits per heavy atom. The molecule has 1 heterocycles. The van der Waals surface area contributed by atoms with Gasteiger partial charge in [0.05, 0.1) is 29.4 Å². The Labute approximate surface area is 179 Å². The standard InChI is InChI=1S/C22H22N2O5S/c1-13(2)29-19-14(7-6-10-17(19)28-4)12-18-20(25)24(3)22(30-18)23-16-9-5-8-15(11-16)21(26)27/h5-13H,1-4H3,(H,26,27). The highest BCUT2D eigenvalue weighted by Gasteiger charge is 2.31. The van der Waals surface area contributed by atoms with Crippen molar-refractivity contribution in [3.05, 3.63) is 58.5 Å². The number of benzene rings is 2. The number of methoxy groups -OCH3 is 1. The van der Waals surface area contributed by atoms with Gasteiger partial charge in [0.25, 0.3) is 5.91 Å². The van der Waals surface area contributed by atoms with Crippen LogP contribution in [-0.2, 0) is 4.79 Å². The number of thioether (sulfide) groups is 1. The van der Waals surface area contributed by atoms with E-state index in [4.69, 9.17) is 14.6 Å². The van der Waals surface area contributed by atoms with Crippen molar-refractivity contribution < 1.29 is 24.2 Å². The van der Waals surface area contributed by atoms with E-state index < -0.39 is 5.97 Å². The highest BCUT2D eigenvalue weighted by molar-refractivity contribution is 8.18. The quantitative estimate of drug-likeness (QED) is 0.688. The minimum atomic E-state index is -1.03. The van der Waals surface area contributed by atoms with E-state index in [-0.39, 0.29) is 17.6 Å². The lowest BCUT2D eigenvalue weighted by molar-refractivity contribution is -0.121. The van der Waals surface area contributed by atoms with Crippen molar-refractivity contribution in [2.24, 2.45) is 4.99 Å². The van der Waals surface area contributed by atoms with E-state index in [1.54, 1.807) is 38.4 Å². The predicted octanol–water partition coefficient (Wildman–Crippen LogP) is 4.41. The SMILES string of the molecule is COc1cccc(C=C2SC(=Nc3cccc(C(=O)O)c3)N(C)C2=O)c1OC(C)C. The molecule has 0 aliphatic carbocycles. The van der Waals surface area contributed by atoms with Crippen molar-refractivity contribution in [1.29, 1.82) is 0 Å². The lowest BCUT2D eigenvalue weighted by atomic mass is 10.1. The molecule has 1 N–H and O–H groups in total. The minimum absolute atomic E-state index is 0.0632. The summed E-state index contributed by atoms with van der Waals surface area (Å²) in [5.41, 5.74) is 1.32. The molecule has 8 heteroatoms. The third-order valence-corrected chi connectivity index (χ3v) is 5.25. The number of carboxylic acids is 1. The van der Waals surface area contributed by atoms with Gasteiger partial charge in [0.2, 0.25) is 0 Å². The van der Waals surface area contributed by atoms with Crippen molar-refractivity contribution in [3.8, 4) is 11.5 Å². The summed E-state index contributed by atoms with van der Waals surface area (Å²) in [4.78, 5) is 30.3. The molecule has 0 radical (unpaired) electrons. The number of carbonyl (C=O) groups excluding carboxylic acids is 1. The molecule has 7 nitrogen and oxygen atoms in total. The van der Waals surface area contributed by atoms with Gasteiger partial charge in [0.1, 0.15) is 0 Å². The summed E-state index contributed by atoms with van der Waals surface area (Å²) in [6.07, 6.45) is 1.69. The molecular formula is C22H22N2O5S. The molecule has 1 amide bonds. The maximum absolute atomic E-state index is 12.8. The van der Waals surface area contributed by atoms with E-state index in [1.165, 1.54) is 28.8 Å². The van der Waals surface area contributed by atoms with Crippen LogP contribution in [0.15, 0.2) is 52.4 Å². The van der Waals surface area contributed by atoms with Gasteiger partial charge >= 0.3 is 5.97 Å². The average Bonchev–Trinajstić information content (AvgIpc) is 2.97. The van der Waals surface area contributed by atoms with Crippen molar-refractivity contribution >= 4 is 40.6 Å². The Bertz CT molecular complexity index is 1050. The van der Waals surface area contributed by atoms with Crippen LogP contribution in [0.1, 0.15) is 29.8 Å². The molecule has 1 aliphatic heterocycles. The predicted molar refractivity (Wildman–Crippen MR) is 118 cm³/mol. The van der Waals surface area contributed by atoms with Crippen LogP contribution in [0.25, 0.3) is 6.08 Å². The number of aromatic carboxylic acids is 1. The zero-order valence-electron chi connectivity index (χ0n) is 17.1. The second-order valence-corrected chi connectivity index (χ2v) is 7.78. The summed E-state index contributed by atoms with van der Waals surface area (Å²) < 4.78 is 11.3. The van der Waals surface area contributed by atoms with Crippen LogP contribution >= 0.6 is 11.8 Å². The fraction of sp³-hybridized carbons (Fsp3) is 0.227. The first-order valence-electron chi connectivity index (χ1n) is 9.23. The summed E-state index contributed by atoms with van der Waals surface area (Å²) in [6, 6.07) is 11.8. The first-order chi connectivity index (χ1) is 14.3. The van der Waals surface area contributed by atoms with E-state index in [1.807, 2.05) is 26.0 Å². The lowest BCUT2D eigenvalue weighted by Crippen LogP contribution is -2.23. The molecule has 0 aromatic heterocycles. The number of carbonyl (C=O) groups is 2. The Hall–Kier alpha value is -3.26. The van der Waals surface area contributed by atoms with E-state index >= 15 is 0 Å². The van der Waals surface area contributed by atoms with Gasteiger partial charge < -0.3 is 14.6 Å². The minimum Gasteiger partial charge on any atom is -0.493 e. The molecule has 3 rings (SSSR count). The summed E-state index contributed by atoms with van der Waals surface area (Å²) in [5, 5.41) is 9.61. The smallest absolute Gasteiger partial charge is 0.335 e. The highest BCUT2D eigenvalue weighted by Crippen LogP contribution is 2.38. The molecule has 0 spiro atoms. The molecule has 1 saturated heterocycles.